The first-order valence-electron chi connectivity index (χ1n) is 7.17. The summed E-state index contributed by atoms with van der Waals surface area (Å²) in [4.78, 5) is 7.76. The molecule has 0 unspecified atom stereocenters. The summed E-state index contributed by atoms with van der Waals surface area (Å²) in [6, 6.07) is 6.27. The van der Waals surface area contributed by atoms with Gasteiger partial charge in [-0.15, -0.1) is 35.3 Å². The first-order chi connectivity index (χ1) is 11.4. The zero-order valence-electron chi connectivity index (χ0n) is 13.2. The van der Waals surface area contributed by atoms with Gasteiger partial charge in [-0.1, -0.05) is 18.2 Å². The predicted molar refractivity (Wildman–Crippen MR) is 101 cm³/mol. The molecule has 0 saturated heterocycles. The fraction of sp³-hybridized carbons (Fsp3) is 0.333. The maximum Gasteiger partial charge on any atom is 0.434 e. The molecule has 0 aliphatic heterocycles. The minimum atomic E-state index is -4.45. The standard InChI is InChI=1S/C15H16F4N4S.HI/c1-2-20-14(21-7-10-5-3-4-6-11(10)16)22-8-13-23-12(9-24-13)15(17,18)19;/h3-6,9H,2,7-8H2,1H3,(H2,20,21,22);1H. The highest BCUT2D eigenvalue weighted by Crippen LogP contribution is 2.29. The van der Waals surface area contributed by atoms with Crippen LogP contribution in [0.3, 0.4) is 0 Å². The van der Waals surface area contributed by atoms with Gasteiger partial charge in [-0.25, -0.2) is 14.4 Å². The van der Waals surface area contributed by atoms with Crippen LogP contribution < -0.4 is 10.6 Å². The lowest BCUT2D eigenvalue weighted by Crippen LogP contribution is -2.36. The van der Waals surface area contributed by atoms with E-state index in [0.717, 1.165) is 16.7 Å². The largest absolute Gasteiger partial charge is 0.434 e. The molecule has 0 aliphatic carbocycles. The second kappa shape index (κ2) is 9.90. The van der Waals surface area contributed by atoms with Crippen molar-refractivity contribution < 1.29 is 17.6 Å². The molecule has 1 aromatic heterocycles. The van der Waals surface area contributed by atoms with E-state index in [4.69, 9.17) is 0 Å². The summed E-state index contributed by atoms with van der Waals surface area (Å²) >= 11 is 0.917. The highest BCUT2D eigenvalue weighted by molar-refractivity contribution is 14.0. The Kier molecular flexibility index (Phi) is 8.56. The smallest absolute Gasteiger partial charge is 0.357 e. The van der Waals surface area contributed by atoms with Gasteiger partial charge in [-0.2, -0.15) is 13.2 Å². The first kappa shape index (κ1) is 21.6. The third-order valence-corrected chi connectivity index (χ3v) is 3.81. The molecular weight excluding hydrogens is 471 g/mol. The number of aromatic nitrogens is 1. The average Bonchev–Trinajstić information content (AvgIpc) is 3.00. The van der Waals surface area contributed by atoms with Crippen LogP contribution in [0.25, 0.3) is 0 Å². The van der Waals surface area contributed by atoms with Gasteiger partial charge in [-0.05, 0) is 13.0 Å². The van der Waals surface area contributed by atoms with Crippen LogP contribution in [0.15, 0.2) is 34.6 Å². The van der Waals surface area contributed by atoms with Crippen molar-refractivity contribution in [1.82, 2.24) is 15.6 Å². The Labute approximate surface area is 163 Å². The molecule has 0 atom stereocenters. The van der Waals surface area contributed by atoms with Crippen molar-refractivity contribution in [3.05, 3.63) is 51.7 Å². The summed E-state index contributed by atoms with van der Waals surface area (Å²) in [5, 5.41) is 7.10. The van der Waals surface area contributed by atoms with Gasteiger partial charge < -0.3 is 10.6 Å². The molecule has 1 aromatic carbocycles. The number of hydrogen-bond acceptors (Lipinski definition) is 3. The Balaban J connectivity index is 0.00000312. The summed E-state index contributed by atoms with van der Waals surface area (Å²) in [5.74, 6) is 0.0244. The van der Waals surface area contributed by atoms with Gasteiger partial charge in [0.2, 0.25) is 0 Å². The van der Waals surface area contributed by atoms with E-state index in [0.29, 0.717) is 23.1 Å². The minimum Gasteiger partial charge on any atom is -0.357 e. The van der Waals surface area contributed by atoms with Crippen LogP contribution in [0.5, 0.6) is 0 Å². The van der Waals surface area contributed by atoms with Gasteiger partial charge in [0.05, 0.1) is 13.1 Å². The van der Waals surface area contributed by atoms with Crippen molar-refractivity contribution in [3.63, 3.8) is 0 Å². The molecule has 10 heteroatoms. The van der Waals surface area contributed by atoms with E-state index < -0.39 is 11.9 Å². The second-order valence-electron chi connectivity index (χ2n) is 4.76. The molecule has 0 saturated carbocycles. The lowest BCUT2D eigenvalue weighted by Gasteiger charge is -2.10. The normalized spacial score (nSPS) is 11.8. The molecule has 0 amide bonds. The van der Waals surface area contributed by atoms with Crippen LogP contribution in [0.1, 0.15) is 23.2 Å². The highest BCUT2D eigenvalue weighted by Gasteiger charge is 2.33. The zero-order valence-corrected chi connectivity index (χ0v) is 16.4. The summed E-state index contributed by atoms with van der Waals surface area (Å²) in [6.07, 6.45) is -4.45. The molecule has 0 radical (unpaired) electrons. The van der Waals surface area contributed by atoms with Gasteiger partial charge in [0.15, 0.2) is 11.7 Å². The topological polar surface area (TPSA) is 49.3 Å². The van der Waals surface area contributed by atoms with E-state index in [1.807, 2.05) is 6.92 Å². The van der Waals surface area contributed by atoms with Crippen molar-refractivity contribution >= 4 is 41.3 Å². The lowest BCUT2D eigenvalue weighted by molar-refractivity contribution is -0.140. The maximum absolute atomic E-state index is 13.6. The Morgan fingerprint density at radius 3 is 2.56 bits per heavy atom. The molecule has 1 heterocycles. The van der Waals surface area contributed by atoms with E-state index in [9.17, 15) is 17.6 Å². The molecule has 0 bridgehead atoms. The number of benzene rings is 1. The van der Waals surface area contributed by atoms with Gasteiger partial charge >= 0.3 is 6.18 Å². The van der Waals surface area contributed by atoms with Gasteiger partial charge in [-0.3, -0.25) is 0 Å². The molecule has 0 spiro atoms. The summed E-state index contributed by atoms with van der Waals surface area (Å²) < 4.78 is 51.1. The molecule has 0 fully saturated rings. The molecule has 2 aromatic rings. The lowest BCUT2D eigenvalue weighted by atomic mass is 10.2. The number of thiazole rings is 1. The number of aliphatic imine (C=N–C) groups is 1. The fourth-order valence-electron chi connectivity index (χ4n) is 1.81. The summed E-state index contributed by atoms with van der Waals surface area (Å²) in [6.45, 7) is 2.64. The first-order valence-corrected chi connectivity index (χ1v) is 8.05. The average molecular weight is 488 g/mol. The van der Waals surface area contributed by atoms with E-state index in [-0.39, 0.29) is 42.9 Å². The highest BCUT2D eigenvalue weighted by atomic mass is 127. The summed E-state index contributed by atoms with van der Waals surface area (Å²) in [7, 11) is 0. The minimum absolute atomic E-state index is 0. The van der Waals surface area contributed by atoms with Crippen LogP contribution in [0.2, 0.25) is 0 Å². The van der Waals surface area contributed by atoms with Crippen molar-refractivity contribution in [2.75, 3.05) is 6.54 Å². The van der Waals surface area contributed by atoms with Crippen molar-refractivity contribution in [1.29, 1.82) is 0 Å². The number of alkyl halides is 3. The van der Waals surface area contributed by atoms with E-state index in [1.54, 1.807) is 18.2 Å². The SMILES string of the molecule is CCNC(=NCc1ccccc1F)NCc1nc(C(F)(F)F)cs1.I. The quantitative estimate of drug-likeness (QED) is 0.288. The molecule has 4 nitrogen and oxygen atoms in total. The molecule has 25 heavy (non-hydrogen) atoms. The van der Waals surface area contributed by atoms with Crippen LogP contribution in [-0.4, -0.2) is 17.5 Å². The zero-order chi connectivity index (χ0) is 17.6. The van der Waals surface area contributed by atoms with Gasteiger partial charge in [0.25, 0.3) is 0 Å². The molecule has 2 rings (SSSR count). The third-order valence-electron chi connectivity index (χ3n) is 2.96. The Hall–Kier alpha value is -1.43. The van der Waals surface area contributed by atoms with Crippen LogP contribution >= 0.6 is 35.3 Å². The van der Waals surface area contributed by atoms with E-state index in [1.165, 1.54) is 6.07 Å². The monoisotopic (exact) mass is 488 g/mol. The van der Waals surface area contributed by atoms with Crippen LogP contribution in [-0.2, 0) is 19.3 Å². The molecule has 138 valence electrons. The van der Waals surface area contributed by atoms with E-state index >= 15 is 0 Å². The van der Waals surface area contributed by atoms with E-state index in [2.05, 4.69) is 20.6 Å². The van der Waals surface area contributed by atoms with Crippen LogP contribution in [0, 0.1) is 5.82 Å². The molecule has 0 aliphatic rings. The van der Waals surface area contributed by atoms with Crippen molar-refractivity contribution in [2.45, 2.75) is 26.2 Å². The third kappa shape index (κ3) is 6.77. The van der Waals surface area contributed by atoms with Crippen molar-refractivity contribution in [2.24, 2.45) is 4.99 Å². The predicted octanol–water partition coefficient (Wildman–Crippen LogP) is 4.17. The molecule has 2 N–H and O–H groups in total. The van der Waals surface area contributed by atoms with Crippen LogP contribution in [0.4, 0.5) is 17.6 Å². The Morgan fingerprint density at radius 1 is 1.24 bits per heavy atom. The number of halogens is 5. The number of rotatable bonds is 5. The maximum atomic E-state index is 13.6. The van der Waals surface area contributed by atoms with Gasteiger partial charge in [0, 0.05) is 17.5 Å². The van der Waals surface area contributed by atoms with Gasteiger partial charge in [0.1, 0.15) is 10.8 Å². The fourth-order valence-corrected chi connectivity index (χ4v) is 2.55. The Morgan fingerprint density at radius 2 is 1.96 bits per heavy atom. The Bertz CT molecular complexity index is 703. The summed E-state index contributed by atoms with van der Waals surface area (Å²) in [5.41, 5.74) is -0.471. The number of nitrogens with zero attached hydrogens (tertiary/aromatic N) is 2. The van der Waals surface area contributed by atoms with Crippen molar-refractivity contribution in [3.8, 4) is 0 Å². The number of hydrogen-bond donors (Lipinski definition) is 2. The molecular formula is C15H17F4IN4S. The number of guanidine groups is 1. The second-order valence-corrected chi connectivity index (χ2v) is 5.71. The number of nitrogens with one attached hydrogen (secondary N) is 2.